The van der Waals surface area contributed by atoms with Gasteiger partial charge in [-0.15, -0.1) is 5.10 Å². The summed E-state index contributed by atoms with van der Waals surface area (Å²) in [6, 6.07) is 0.885. The van der Waals surface area contributed by atoms with E-state index in [4.69, 9.17) is 14.9 Å². The molecule has 0 aliphatic carbocycles. The van der Waals surface area contributed by atoms with Gasteiger partial charge in [-0.05, 0) is 6.42 Å². The van der Waals surface area contributed by atoms with Gasteiger partial charge in [0.05, 0.1) is 25.8 Å². The van der Waals surface area contributed by atoms with E-state index in [1.165, 1.54) is 0 Å². The monoisotopic (exact) mass is 212 g/mol. The summed E-state index contributed by atoms with van der Waals surface area (Å²) in [5.41, 5.74) is 5.42. The largest absolute Gasteiger partial charge is 0.407 e. The number of hydrogen-bond acceptors (Lipinski definition) is 6. The molecule has 2 heterocycles. The molecule has 1 atom stereocenters. The van der Waals surface area contributed by atoms with Crippen LogP contribution in [0.3, 0.4) is 0 Å². The Hall–Kier alpha value is -1.14. The van der Waals surface area contributed by atoms with Crippen molar-refractivity contribution >= 4 is 6.01 Å². The van der Waals surface area contributed by atoms with E-state index in [9.17, 15) is 0 Å². The minimum atomic E-state index is 0.286. The summed E-state index contributed by atoms with van der Waals surface area (Å²) < 4.78 is 10.8. The first-order chi connectivity index (χ1) is 7.35. The van der Waals surface area contributed by atoms with Crippen LogP contribution in [0.5, 0.6) is 0 Å². The van der Waals surface area contributed by atoms with Crippen molar-refractivity contribution in [2.75, 3.05) is 24.7 Å². The number of ether oxygens (including phenoxy) is 1. The van der Waals surface area contributed by atoms with E-state index < -0.39 is 0 Å². The van der Waals surface area contributed by atoms with Gasteiger partial charge in [-0.2, -0.15) is 0 Å². The normalized spacial score (nSPS) is 22.0. The second kappa shape index (κ2) is 4.59. The summed E-state index contributed by atoms with van der Waals surface area (Å²) >= 11 is 0. The Balaban J connectivity index is 2.12. The molecule has 0 aromatic carbocycles. The van der Waals surface area contributed by atoms with Crippen molar-refractivity contribution in [3.8, 4) is 0 Å². The average molecular weight is 212 g/mol. The predicted octanol–water partition coefficient (Wildman–Crippen LogP) is 0.144. The number of anilines is 1. The molecular formula is C9H16N4O2. The minimum absolute atomic E-state index is 0.286. The molecule has 1 aliphatic heterocycles. The van der Waals surface area contributed by atoms with E-state index in [0.717, 1.165) is 19.6 Å². The lowest BCUT2D eigenvalue weighted by molar-refractivity contribution is 0.0899. The molecule has 1 aromatic rings. The number of rotatable bonds is 3. The van der Waals surface area contributed by atoms with Crippen LogP contribution in [-0.4, -0.2) is 36.0 Å². The molecule has 0 spiro atoms. The fourth-order valence-electron chi connectivity index (χ4n) is 1.69. The zero-order valence-electron chi connectivity index (χ0n) is 8.85. The van der Waals surface area contributed by atoms with Crippen molar-refractivity contribution in [2.45, 2.75) is 25.9 Å². The molecule has 1 fully saturated rings. The Morgan fingerprint density at radius 3 is 3.07 bits per heavy atom. The van der Waals surface area contributed by atoms with Crippen molar-refractivity contribution in [2.24, 2.45) is 5.73 Å². The van der Waals surface area contributed by atoms with Crippen LogP contribution < -0.4 is 10.6 Å². The Morgan fingerprint density at radius 1 is 1.53 bits per heavy atom. The van der Waals surface area contributed by atoms with Gasteiger partial charge in [0, 0.05) is 6.54 Å². The van der Waals surface area contributed by atoms with Crippen LogP contribution >= 0.6 is 0 Å². The van der Waals surface area contributed by atoms with Gasteiger partial charge in [0.25, 0.3) is 0 Å². The van der Waals surface area contributed by atoms with Gasteiger partial charge in [0.2, 0.25) is 5.89 Å². The van der Waals surface area contributed by atoms with Crippen molar-refractivity contribution in [3.63, 3.8) is 0 Å². The Bertz CT molecular complexity index is 315. The molecule has 1 aromatic heterocycles. The van der Waals surface area contributed by atoms with Gasteiger partial charge in [-0.25, -0.2) is 0 Å². The fourth-order valence-corrected chi connectivity index (χ4v) is 1.69. The van der Waals surface area contributed by atoms with Crippen molar-refractivity contribution in [1.29, 1.82) is 0 Å². The van der Waals surface area contributed by atoms with Crippen LogP contribution in [0, 0.1) is 0 Å². The highest BCUT2D eigenvalue weighted by Gasteiger charge is 2.25. The van der Waals surface area contributed by atoms with E-state index in [2.05, 4.69) is 22.0 Å². The van der Waals surface area contributed by atoms with Crippen LogP contribution in [0.15, 0.2) is 4.42 Å². The van der Waals surface area contributed by atoms with Gasteiger partial charge < -0.3 is 19.8 Å². The van der Waals surface area contributed by atoms with E-state index >= 15 is 0 Å². The number of hydrogen-bond donors (Lipinski definition) is 1. The lowest BCUT2D eigenvalue weighted by atomic mass is 10.2. The number of aromatic nitrogens is 2. The highest BCUT2D eigenvalue weighted by Crippen LogP contribution is 2.19. The van der Waals surface area contributed by atoms with Gasteiger partial charge in [0.1, 0.15) is 0 Å². The van der Waals surface area contributed by atoms with Crippen molar-refractivity contribution in [3.05, 3.63) is 5.89 Å². The third-order valence-corrected chi connectivity index (χ3v) is 2.58. The number of nitrogens with zero attached hydrogens (tertiary/aromatic N) is 3. The Labute approximate surface area is 88.4 Å². The van der Waals surface area contributed by atoms with Crippen LogP contribution in [0.25, 0.3) is 0 Å². The molecule has 2 rings (SSSR count). The summed E-state index contributed by atoms with van der Waals surface area (Å²) in [5.74, 6) is 0.478. The lowest BCUT2D eigenvalue weighted by Crippen LogP contribution is -2.45. The predicted molar refractivity (Wildman–Crippen MR) is 54.4 cm³/mol. The van der Waals surface area contributed by atoms with E-state index in [1.807, 2.05) is 0 Å². The van der Waals surface area contributed by atoms with Gasteiger partial charge in [-0.1, -0.05) is 12.0 Å². The molecule has 1 aliphatic rings. The highest BCUT2D eigenvalue weighted by molar-refractivity contribution is 5.27. The molecule has 84 valence electrons. The van der Waals surface area contributed by atoms with E-state index in [0.29, 0.717) is 24.6 Å². The zero-order valence-corrected chi connectivity index (χ0v) is 8.85. The van der Waals surface area contributed by atoms with Gasteiger partial charge >= 0.3 is 6.01 Å². The summed E-state index contributed by atoms with van der Waals surface area (Å²) in [6.07, 6.45) is 1.00. The molecule has 6 heteroatoms. The molecule has 1 unspecified atom stereocenters. The first-order valence-electron chi connectivity index (χ1n) is 5.22. The van der Waals surface area contributed by atoms with E-state index in [1.54, 1.807) is 0 Å². The third kappa shape index (κ3) is 2.10. The summed E-state index contributed by atoms with van der Waals surface area (Å²) in [6.45, 7) is 4.62. The average Bonchev–Trinajstić information content (AvgIpc) is 2.77. The molecule has 0 radical (unpaired) electrons. The van der Waals surface area contributed by atoms with Crippen molar-refractivity contribution in [1.82, 2.24) is 10.2 Å². The molecule has 0 saturated carbocycles. The standard InChI is InChI=1S/C9H16N4O2/c1-2-7-6-14-4-3-13(7)9-12-11-8(5-10)15-9/h7H,2-6,10H2,1H3. The second-order valence-electron chi connectivity index (χ2n) is 3.51. The van der Waals surface area contributed by atoms with Crippen LogP contribution in [0.2, 0.25) is 0 Å². The van der Waals surface area contributed by atoms with Crippen LogP contribution in [-0.2, 0) is 11.3 Å². The SMILES string of the molecule is CCC1COCCN1c1nnc(CN)o1. The minimum Gasteiger partial charge on any atom is -0.407 e. The smallest absolute Gasteiger partial charge is 0.318 e. The molecule has 2 N–H and O–H groups in total. The van der Waals surface area contributed by atoms with Crippen LogP contribution in [0.4, 0.5) is 6.01 Å². The molecule has 0 bridgehead atoms. The topological polar surface area (TPSA) is 77.4 Å². The van der Waals surface area contributed by atoms with Gasteiger partial charge in [0.15, 0.2) is 0 Å². The first kappa shape index (κ1) is 10.4. The lowest BCUT2D eigenvalue weighted by Gasteiger charge is -2.33. The van der Waals surface area contributed by atoms with Crippen molar-refractivity contribution < 1.29 is 9.15 Å². The maximum absolute atomic E-state index is 5.43. The summed E-state index contributed by atoms with van der Waals surface area (Å²) in [4.78, 5) is 2.09. The first-order valence-corrected chi connectivity index (χ1v) is 5.22. The Kier molecular flexibility index (Phi) is 3.17. The summed E-state index contributed by atoms with van der Waals surface area (Å²) in [5, 5.41) is 7.84. The Morgan fingerprint density at radius 2 is 2.40 bits per heavy atom. The second-order valence-corrected chi connectivity index (χ2v) is 3.51. The summed E-state index contributed by atoms with van der Waals surface area (Å²) in [7, 11) is 0. The van der Waals surface area contributed by atoms with Crippen LogP contribution in [0.1, 0.15) is 19.2 Å². The quantitative estimate of drug-likeness (QED) is 0.768. The maximum atomic E-state index is 5.43. The molecule has 1 saturated heterocycles. The highest BCUT2D eigenvalue weighted by atomic mass is 16.5. The zero-order chi connectivity index (χ0) is 10.7. The van der Waals surface area contributed by atoms with Gasteiger partial charge in [-0.3, -0.25) is 0 Å². The molecule has 15 heavy (non-hydrogen) atoms. The number of nitrogens with two attached hydrogens (primary N) is 1. The third-order valence-electron chi connectivity index (χ3n) is 2.58. The van der Waals surface area contributed by atoms with E-state index in [-0.39, 0.29) is 6.54 Å². The fraction of sp³-hybridized carbons (Fsp3) is 0.778. The number of morpholine rings is 1. The molecular weight excluding hydrogens is 196 g/mol. The molecule has 6 nitrogen and oxygen atoms in total. The molecule has 0 amide bonds. The maximum Gasteiger partial charge on any atom is 0.318 e.